The summed E-state index contributed by atoms with van der Waals surface area (Å²) in [4.78, 5) is 11.6. The Hall–Kier alpha value is -2.63. The molecular weight excluding hydrogens is 414 g/mol. The highest BCUT2D eigenvalue weighted by Crippen LogP contribution is 2.40. The quantitative estimate of drug-likeness (QED) is 0.442. The number of carbonyl (C=O) groups is 1. The average molecular weight is 448 g/mol. The van der Waals surface area contributed by atoms with E-state index in [4.69, 9.17) is 4.43 Å². The van der Waals surface area contributed by atoms with Gasteiger partial charge in [0, 0.05) is 17.5 Å². The van der Waals surface area contributed by atoms with Crippen LogP contribution in [0.5, 0.6) is 0 Å². The van der Waals surface area contributed by atoms with E-state index in [9.17, 15) is 9.90 Å². The summed E-state index contributed by atoms with van der Waals surface area (Å²) >= 11 is 0. The summed E-state index contributed by atoms with van der Waals surface area (Å²) in [5.74, 6) is -0.906. The zero-order valence-corrected chi connectivity index (χ0v) is 20.7. The van der Waals surface area contributed by atoms with Gasteiger partial charge in [-0.05, 0) is 72.8 Å². The van der Waals surface area contributed by atoms with Crippen LogP contribution >= 0.6 is 0 Å². The molecule has 1 aliphatic rings. The van der Waals surface area contributed by atoms with Crippen molar-refractivity contribution in [2.75, 3.05) is 0 Å². The molecule has 0 bridgehead atoms. The number of benzene rings is 2. The van der Waals surface area contributed by atoms with Crippen LogP contribution in [0.4, 0.5) is 0 Å². The van der Waals surface area contributed by atoms with Crippen LogP contribution in [0.15, 0.2) is 60.7 Å². The van der Waals surface area contributed by atoms with Gasteiger partial charge in [-0.15, -0.1) is 0 Å². The normalized spacial score (nSPS) is 16.6. The van der Waals surface area contributed by atoms with Gasteiger partial charge in [-0.1, -0.05) is 57.2 Å². The van der Waals surface area contributed by atoms with Gasteiger partial charge in [0.15, 0.2) is 8.32 Å². The van der Waals surface area contributed by atoms with Gasteiger partial charge in [0.25, 0.3) is 0 Å². The highest BCUT2D eigenvalue weighted by Gasteiger charge is 2.40. The minimum Gasteiger partial charge on any atom is -0.478 e. The zero-order valence-electron chi connectivity index (χ0n) is 19.7. The molecule has 0 aliphatic heterocycles. The molecule has 0 radical (unpaired) electrons. The number of rotatable bonds is 5. The Morgan fingerprint density at radius 1 is 1.06 bits per heavy atom. The second-order valence-corrected chi connectivity index (χ2v) is 15.1. The number of aromatic nitrogens is 1. The molecule has 2 aromatic carbocycles. The molecule has 4 nitrogen and oxygen atoms in total. The Bertz CT molecular complexity index is 1130. The van der Waals surface area contributed by atoms with Crippen molar-refractivity contribution in [2.24, 2.45) is 0 Å². The Balaban J connectivity index is 1.77. The molecule has 1 aliphatic carbocycles. The summed E-state index contributed by atoms with van der Waals surface area (Å²) in [6.45, 7) is 11.5. The number of carboxylic acid groups (broad SMARTS) is 1. The van der Waals surface area contributed by atoms with Gasteiger partial charge in [0.1, 0.15) is 0 Å². The van der Waals surface area contributed by atoms with Crippen LogP contribution in [0.25, 0.3) is 16.9 Å². The van der Waals surface area contributed by atoms with E-state index >= 15 is 0 Å². The first-order valence-electron chi connectivity index (χ1n) is 11.4. The third-order valence-electron chi connectivity index (χ3n) is 7.03. The molecule has 3 aromatic rings. The van der Waals surface area contributed by atoms with Crippen molar-refractivity contribution in [3.63, 3.8) is 0 Å². The molecule has 168 valence electrons. The molecule has 1 unspecified atom stereocenters. The molecule has 0 spiro atoms. The van der Waals surface area contributed by atoms with Gasteiger partial charge < -0.3 is 14.1 Å². The largest absolute Gasteiger partial charge is 0.478 e. The summed E-state index contributed by atoms with van der Waals surface area (Å²) in [5, 5.41) is 9.70. The molecule has 0 fully saturated rings. The predicted molar refractivity (Wildman–Crippen MR) is 132 cm³/mol. The Morgan fingerprint density at radius 2 is 1.78 bits per heavy atom. The topological polar surface area (TPSA) is 51.5 Å². The highest BCUT2D eigenvalue weighted by atomic mass is 28.4. The van der Waals surface area contributed by atoms with Crippen molar-refractivity contribution in [2.45, 2.75) is 64.3 Å². The number of hydrogen-bond acceptors (Lipinski definition) is 2. The van der Waals surface area contributed by atoms with Gasteiger partial charge >= 0.3 is 5.97 Å². The number of hydrogen-bond donors (Lipinski definition) is 1. The molecule has 4 rings (SSSR count). The lowest BCUT2D eigenvalue weighted by Crippen LogP contribution is -2.45. The first-order valence-corrected chi connectivity index (χ1v) is 14.3. The van der Waals surface area contributed by atoms with E-state index in [2.05, 4.69) is 56.6 Å². The lowest BCUT2D eigenvalue weighted by atomic mass is 9.95. The SMILES string of the molecule is CC(C)(C)[Si](C)(C)OC1CCc2c(cc(-c3ccccc3)n2-c2cccc(C(=O)O)c2)C1. The van der Waals surface area contributed by atoms with E-state index in [-0.39, 0.29) is 11.1 Å². The second-order valence-electron chi connectivity index (χ2n) is 10.3. The van der Waals surface area contributed by atoms with E-state index < -0.39 is 14.3 Å². The van der Waals surface area contributed by atoms with Crippen molar-refractivity contribution < 1.29 is 14.3 Å². The Kier molecular flexibility index (Phi) is 5.90. The van der Waals surface area contributed by atoms with Crippen LogP contribution in [0.3, 0.4) is 0 Å². The summed E-state index contributed by atoms with van der Waals surface area (Å²) in [5.41, 5.74) is 6.00. The maximum Gasteiger partial charge on any atom is 0.335 e. The number of fused-ring (bicyclic) bond motifs is 1. The lowest BCUT2D eigenvalue weighted by molar-refractivity contribution is 0.0697. The van der Waals surface area contributed by atoms with Gasteiger partial charge in [-0.3, -0.25) is 0 Å². The fraction of sp³-hybridized carbons (Fsp3) is 0.370. The summed E-state index contributed by atoms with van der Waals surface area (Å²) in [6, 6.07) is 19.9. The van der Waals surface area contributed by atoms with Crippen LogP contribution in [-0.2, 0) is 17.3 Å². The van der Waals surface area contributed by atoms with Crippen LogP contribution in [0.2, 0.25) is 18.1 Å². The molecule has 32 heavy (non-hydrogen) atoms. The van der Waals surface area contributed by atoms with Crippen molar-refractivity contribution in [1.29, 1.82) is 0 Å². The minimum atomic E-state index is -1.84. The summed E-state index contributed by atoms with van der Waals surface area (Å²) in [6.07, 6.45) is 3.02. The number of nitrogens with zero attached hydrogens (tertiary/aromatic N) is 1. The fourth-order valence-electron chi connectivity index (χ4n) is 4.28. The number of carboxylic acids is 1. The zero-order chi connectivity index (χ0) is 23.1. The Labute approximate surface area is 192 Å². The molecule has 5 heteroatoms. The van der Waals surface area contributed by atoms with E-state index in [0.717, 1.165) is 36.2 Å². The third-order valence-corrected chi connectivity index (χ3v) is 11.6. The molecule has 1 atom stereocenters. The monoisotopic (exact) mass is 447 g/mol. The van der Waals surface area contributed by atoms with Gasteiger partial charge in [0.2, 0.25) is 0 Å². The van der Waals surface area contributed by atoms with E-state index in [1.165, 1.54) is 11.3 Å². The molecule has 0 saturated carbocycles. The van der Waals surface area contributed by atoms with E-state index in [1.54, 1.807) is 12.1 Å². The molecule has 0 amide bonds. The van der Waals surface area contributed by atoms with E-state index in [0.29, 0.717) is 5.56 Å². The third kappa shape index (κ3) is 4.32. The molecule has 1 heterocycles. The van der Waals surface area contributed by atoms with Crippen molar-refractivity contribution in [3.05, 3.63) is 77.5 Å². The molecule has 0 saturated heterocycles. The van der Waals surface area contributed by atoms with Gasteiger partial charge in [-0.25, -0.2) is 4.79 Å². The fourth-order valence-corrected chi connectivity index (χ4v) is 5.67. The first-order chi connectivity index (χ1) is 15.1. The van der Waals surface area contributed by atoms with Crippen LogP contribution < -0.4 is 0 Å². The summed E-state index contributed by atoms with van der Waals surface area (Å²) < 4.78 is 9.01. The summed E-state index contributed by atoms with van der Waals surface area (Å²) in [7, 11) is -1.84. The van der Waals surface area contributed by atoms with Gasteiger partial charge in [0.05, 0.1) is 11.3 Å². The van der Waals surface area contributed by atoms with Crippen LogP contribution in [-0.4, -0.2) is 30.1 Å². The number of aromatic carboxylic acids is 1. The van der Waals surface area contributed by atoms with E-state index in [1.807, 2.05) is 30.3 Å². The Morgan fingerprint density at radius 3 is 2.44 bits per heavy atom. The highest BCUT2D eigenvalue weighted by molar-refractivity contribution is 6.74. The van der Waals surface area contributed by atoms with Crippen molar-refractivity contribution >= 4 is 14.3 Å². The maximum atomic E-state index is 11.6. The van der Waals surface area contributed by atoms with Crippen molar-refractivity contribution in [1.82, 2.24) is 4.57 Å². The minimum absolute atomic E-state index is 0.186. The molecular formula is C27H33NO3Si. The lowest BCUT2D eigenvalue weighted by Gasteiger charge is -2.40. The molecule has 1 N–H and O–H groups in total. The standard InChI is InChI=1S/C27H33NO3Si/c1-27(2,3)32(4,5)31-23-14-15-24-21(17-23)18-25(19-10-7-6-8-11-19)28(24)22-13-9-12-20(16-22)26(29)30/h6-13,16,18,23H,14-15,17H2,1-5H3,(H,29,30). The maximum absolute atomic E-state index is 11.6. The van der Waals surface area contributed by atoms with Gasteiger partial charge in [-0.2, -0.15) is 0 Å². The predicted octanol–water partition coefficient (Wildman–Crippen LogP) is 6.72. The van der Waals surface area contributed by atoms with Crippen LogP contribution in [0.1, 0.15) is 48.8 Å². The smallest absolute Gasteiger partial charge is 0.335 e. The van der Waals surface area contributed by atoms with Crippen molar-refractivity contribution in [3.8, 4) is 16.9 Å². The second kappa shape index (κ2) is 8.37. The first kappa shape index (κ1) is 22.6. The molecule has 1 aromatic heterocycles. The average Bonchev–Trinajstić information content (AvgIpc) is 3.12. The van der Waals surface area contributed by atoms with Crippen LogP contribution in [0, 0.1) is 0 Å².